The summed E-state index contributed by atoms with van der Waals surface area (Å²) in [7, 11) is 0. The van der Waals surface area contributed by atoms with E-state index in [-0.39, 0.29) is 0 Å². The molecular formula is C18H11N5O6. The minimum Gasteiger partial charge on any atom is -0.258 e. The second-order valence-corrected chi connectivity index (χ2v) is 5.69. The van der Waals surface area contributed by atoms with Crippen molar-refractivity contribution in [2.45, 2.75) is 0 Å². The Bertz CT molecular complexity index is 1130. The van der Waals surface area contributed by atoms with Gasteiger partial charge in [0.15, 0.2) is 0 Å². The van der Waals surface area contributed by atoms with Crippen LogP contribution in [0, 0.1) is 30.3 Å². The van der Waals surface area contributed by atoms with Crippen LogP contribution in [0.4, 0.5) is 17.1 Å². The van der Waals surface area contributed by atoms with Crippen molar-refractivity contribution in [3.8, 4) is 0 Å². The zero-order valence-corrected chi connectivity index (χ0v) is 14.5. The first-order valence-electron chi connectivity index (χ1n) is 8.03. The highest BCUT2D eigenvalue weighted by molar-refractivity contribution is 6.02. The van der Waals surface area contributed by atoms with Crippen LogP contribution >= 0.6 is 0 Å². The van der Waals surface area contributed by atoms with Gasteiger partial charge >= 0.3 is 0 Å². The van der Waals surface area contributed by atoms with E-state index in [0.717, 1.165) is 21.8 Å². The lowest BCUT2D eigenvalue weighted by Gasteiger charge is -2.00. The smallest absolute Gasteiger partial charge is 0.258 e. The standard InChI is InChI=1S/C12H8N2.C6H3N3O6/c1-3-9-5-6-10-4-2-8-14-12(10)11(9)13-7-1;10-7(11)4-1-5(8(12)13)3-6(2-4)9(14)15/h1-8H;1-3H. The molecule has 29 heavy (non-hydrogen) atoms. The monoisotopic (exact) mass is 393 g/mol. The Morgan fingerprint density at radius 1 is 0.586 bits per heavy atom. The predicted molar refractivity (Wildman–Crippen MR) is 103 cm³/mol. The third-order valence-corrected chi connectivity index (χ3v) is 3.86. The van der Waals surface area contributed by atoms with E-state index in [1.54, 1.807) is 12.4 Å². The van der Waals surface area contributed by atoms with E-state index in [1.807, 2.05) is 12.1 Å². The minimum absolute atomic E-state index is 0.660. The van der Waals surface area contributed by atoms with Gasteiger partial charge in [0, 0.05) is 23.2 Å². The fourth-order valence-electron chi connectivity index (χ4n) is 2.58. The molecule has 4 aromatic rings. The number of rotatable bonds is 3. The summed E-state index contributed by atoms with van der Waals surface area (Å²) in [6.45, 7) is 0. The number of fused-ring (bicyclic) bond motifs is 3. The first-order chi connectivity index (χ1) is 13.9. The van der Waals surface area contributed by atoms with Gasteiger partial charge in [-0.15, -0.1) is 0 Å². The third kappa shape index (κ3) is 4.24. The van der Waals surface area contributed by atoms with Crippen molar-refractivity contribution in [1.82, 2.24) is 9.97 Å². The van der Waals surface area contributed by atoms with Crippen LogP contribution in [0.15, 0.2) is 67.0 Å². The molecular weight excluding hydrogens is 382 g/mol. The lowest BCUT2D eigenvalue weighted by molar-refractivity contribution is -0.403. The molecule has 2 aromatic carbocycles. The van der Waals surface area contributed by atoms with Crippen LogP contribution in [-0.2, 0) is 0 Å². The SMILES string of the molecule is O=[N+]([O-])c1cc([N+](=O)[O-])cc([N+](=O)[O-])c1.c1cnc2c(c1)ccc1cccnc12. The zero-order chi connectivity index (χ0) is 21.0. The van der Waals surface area contributed by atoms with Crippen LogP contribution in [0.5, 0.6) is 0 Å². The van der Waals surface area contributed by atoms with Crippen molar-refractivity contribution in [2.75, 3.05) is 0 Å². The highest BCUT2D eigenvalue weighted by Gasteiger charge is 2.21. The molecule has 0 amide bonds. The van der Waals surface area contributed by atoms with Crippen molar-refractivity contribution in [3.63, 3.8) is 0 Å². The Morgan fingerprint density at radius 3 is 1.24 bits per heavy atom. The molecule has 0 aliphatic rings. The molecule has 11 heteroatoms. The van der Waals surface area contributed by atoms with Gasteiger partial charge < -0.3 is 0 Å². The summed E-state index contributed by atoms with van der Waals surface area (Å²) >= 11 is 0. The van der Waals surface area contributed by atoms with Crippen LogP contribution in [-0.4, -0.2) is 24.7 Å². The van der Waals surface area contributed by atoms with Crippen LogP contribution in [0.1, 0.15) is 0 Å². The van der Waals surface area contributed by atoms with Gasteiger partial charge in [0.2, 0.25) is 0 Å². The third-order valence-electron chi connectivity index (χ3n) is 3.86. The van der Waals surface area contributed by atoms with Crippen molar-refractivity contribution in [3.05, 3.63) is 97.3 Å². The van der Waals surface area contributed by atoms with Crippen LogP contribution in [0.25, 0.3) is 21.8 Å². The normalized spacial score (nSPS) is 10.2. The molecule has 0 N–H and O–H groups in total. The summed E-state index contributed by atoms with van der Waals surface area (Å²) in [6.07, 6.45) is 3.60. The van der Waals surface area contributed by atoms with Gasteiger partial charge in [-0.25, -0.2) is 0 Å². The molecule has 0 bridgehead atoms. The maximum atomic E-state index is 10.3. The molecule has 2 aromatic heterocycles. The van der Waals surface area contributed by atoms with E-state index in [0.29, 0.717) is 18.2 Å². The maximum Gasteiger partial charge on any atom is 0.283 e. The maximum absolute atomic E-state index is 10.3. The lowest BCUT2D eigenvalue weighted by atomic mass is 10.1. The van der Waals surface area contributed by atoms with Gasteiger partial charge in [0.05, 0.1) is 44.0 Å². The molecule has 11 nitrogen and oxygen atoms in total. The van der Waals surface area contributed by atoms with E-state index in [9.17, 15) is 30.3 Å². The molecule has 0 spiro atoms. The summed E-state index contributed by atoms with van der Waals surface area (Å²) < 4.78 is 0. The summed E-state index contributed by atoms with van der Waals surface area (Å²) in [5.74, 6) is 0. The number of non-ortho nitro benzene ring substituents is 3. The largest absolute Gasteiger partial charge is 0.283 e. The number of hydrogen-bond acceptors (Lipinski definition) is 8. The molecule has 4 rings (SSSR count). The van der Waals surface area contributed by atoms with Gasteiger partial charge in [-0.2, -0.15) is 0 Å². The average Bonchev–Trinajstić information content (AvgIpc) is 2.73. The number of hydrogen-bond donors (Lipinski definition) is 0. The van der Waals surface area contributed by atoms with Crippen LogP contribution in [0.2, 0.25) is 0 Å². The van der Waals surface area contributed by atoms with Crippen molar-refractivity contribution in [1.29, 1.82) is 0 Å². The molecule has 0 unspecified atom stereocenters. The molecule has 0 atom stereocenters. The molecule has 0 fully saturated rings. The number of aromatic nitrogens is 2. The molecule has 0 aliphatic carbocycles. The summed E-state index contributed by atoms with van der Waals surface area (Å²) in [6, 6.07) is 14.1. The van der Waals surface area contributed by atoms with Crippen LogP contribution in [0.3, 0.4) is 0 Å². The average molecular weight is 393 g/mol. The topological polar surface area (TPSA) is 155 Å². The molecule has 0 aliphatic heterocycles. The Morgan fingerprint density at radius 2 is 0.931 bits per heavy atom. The number of nitrogens with zero attached hydrogens (tertiary/aromatic N) is 5. The highest BCUT2D eigenvalue weighted by Crippen LogP contribution is 2.26. The Balaban J connectivity index is 0.000000166. The van der Waals surface area contributed by atoms with Crippen LogP contribution < -0.4 is 0 Å². The Kier molecular flexibility index (Phi) is 5.30. The van der Waals surface area contributed by atoms with Gasteiger partial charge in [-0.3, -0.25) is 40.3 Å². The molecule has 0 saturated heterocycles. The molecule has 0 radical (unpaired) electrons. The summed E-state index contributed by atoms with van der Waals surface area (Å²) in [5, 5.41) is 33.2. The minimum atomic E-state index is -0.931. The fraction of sp³-hybridized carbons (Fsp3) is 0. The first-order valence-corrected chi connectivity index (χ1v) is 8.03. The quantitative estimate of drug-likeness (QED) is 0.285. The lowest BCUT2D eigenvalue weighted by Crippen LogP contribution is -1.96. The predicted octanol–water partition coefficient (Wildman–Crippen LogP) is 4.19. The van der Waals surface area contributed by atoms with E-state index >= 15 is 0 Å². The van der Waals surface area contributed by atoms with Gasteiger partial charge in [0.1, 0.15) is 0 Å². The number of nitro groups is 3. The summed E-state index contributed by atoms with van der Waals surface area (Å²) in [4.78, 5) is 36.8. The second kappa shape index (κ2) is 8.00. The Labute approximate surface area is 161 Å². The van der Waals surface area contributed by atoms with Crippen molar-refractivity contribution < 1.29 is 14.8 Å². The molecule has 144 valence electrons. The first kappa shape index (κ1) is 19.2. The van der Waals surface area contributed by atoms with Gasteiger partial charge in [-0.05, 0) is 12.1 Å². The summed E-state index contributed by atoms with van der Waals surface area (Å²) in [5.41, 5.74) is -0.0982. The van der Waals surface area contributed by atoms with Gasteiger partial charge in [0.25, 0.3) is 17.1 Å². The Hall–Kier alpha value is -4.54. The number of benzene rings is 2. The highest BCUT2D eigenvalue weighted by atomic mass is 16.6. The fourth-order valence-corrected chi connectivity index (χ4v) is 2.58. The molecule has 0 saturated carbocycles. The molecule has 2 heterocycles. The number of pyridine rings is 2. The zero-order valence-electron chi connectivity index (χ0n) is 14.5. The van der Waals surface area contributed by atoms with E-state index in [2.05, 4.69) is 34.2 Å². The van der Waals surface area contributed by atoms with E-state index in [1.165, 1.54) is 0 Å². The van der Waals surface area contributed by atoms with Crippen molar-refractivity contribution in [2.24, 2.45) is 0 Å². The van der Waals surface area contributed by atoms with Gasteiger partial charge in [-0.1, -0.05) is 24.3 Å². The van der Waals surface area contributed by atoms with E-state index in [4.69, 9.17) is 0 Å². The van der Waals surface area contributed by atoms with Crippen molar-refractivity contribution >= 4 is 38.9 Å². The number of nitro benzene ring substituents is 3. The van der Waals surface area contributed by atoms with E-state index < -0.39 is 31.8 Å². The second-order valence-electron chi connectivity index (χ2n) is 5.69.